The largest absolute Gasteiger partial charge is 0.383 e. The van der Waals surface area contributed by atoms with Gasteiger partial charge in [-0.05, 0) is 69.7 Å². The van der Waals surface area contributed by atoms with E-state index in [0.717, 1.165) is 36.8 Å². The molecule has 0 aromatic heterocycles. The van der Waals surface area contributed by atoms with Crippen molar-refractivity contribution < 1.29 is 4.74 Å². The molecule has 0 radical (unpaired) electrons. The van der Waals surface area contributed by atoms with Crippen molar-refractivity contribution in [1.82, 2.24) is 4.90 Å². The molecule has 2 N–H and O–H groups in total. The standard InChI is InChI=1S/C16H30N2O/c1-11(9-19-3)18(2)16(10-17)14-5-12-4-13(7-14)8-15(16)6-12/h11-15H,4-10,17H2,1-3H3. The van der Waals surface area contributed by atoms with E-state index < -0.39 is 0 Å². The normalized spacial score (nSPS) is 45.9. The third-order valence-corrected chi connectivity index (χ3v) is 6.60. The summed E-state index contributed by atoms with van der Waals surface area (Å²) >= 11 is 0. The first kappa shape index (κ1) is 13.8. The number of methoxy groups -OCH3 is 1. The molecule has 4 bridgehead atoms. The summed E-state index contributed by atoms with van der Waals surface area (Å²) in [4.78, 5) is 2.59. The summed E-state index contributed by atoms with van der Waals surface area (Å²) < 4.78 is 5.37. The zero-order valence-electron chi connectivity index (χ0n) is 12.8. The highest BCUT2D eigenvalue weighted by atomic mass is 16.5. The lowest BCUT2D eigenvalue weighted by atomic mass is 9.48. The van der Waals surface area contributed by atoms with E-state index in [2.05, 4.69) is 18.9 Å². The number of ether oxygens (including phenoxy) is 1. The summed E-state index contributed by atoms with van der Waals surface area (Å²) in [5.41, 5.74) is 6.60. The van der Waals surface area contributed by atoms with Crippen molar-refractivity contribution in [2.75, 3.05) is 27.3 Å². The lowest BCUT2D eigenvalue weighted by Crippen LogP contribution is -2.70. The molecule has 1 atom stereocenters. The second kappa shape index (κ2) is 5.01. The van der Waals surface area contributed by atoms with Crippen LogP contribution in [0.3, 0.4) is 0 Å². The van der Waals surface area contributed by atoms with Crippen LogP contribution < -0.4 is 5.73 Å². The maximum atomic E-state index is 6.34. The van der Waals surface area contributed by atoms with Crippen LogP contribution in [0.4, 0.5) is 0 Å². The molecule has 0 aromatic carbocycles. The molecule has 4 aliphatic rings. The number of nitrogens with two attached hydrogens (primary N) is 1. The summed E-state index contributed by atoms with van der Waals surface area (Å²) in [5.74, 6) is 3.68. The second-order valence-corrected chi connectivity index (χ2v) is 7.42. The Morgan fingerprint density at radius 1 is 1.16 bits per heavy atom. The van der Waals surface area contributed by atoms with Crippen LogP contribution in [0, 0.1) is 23.7 Å². The second-order valence-electron chi connectivity index (χ2n) is 7.42. The summed E-state index contributed by atoms with van der Waals surface area (Å²) in [7, 11) is 4.09. The van der Waals surface area contributed by atoms with Gasteiger partial charge in [-0.2, -0.15) is 0 Å². The van der Waals surface area contributed by atoms with Crippen molar-refractivity contribution in [2.24, 2.45) is 29.4 Å². The van der Waals surface area contributed by atoms with Gasteiger partial charge in [-0.15, -0.1) is 0 Å². The van der Waals surface area contributed by atoms with E-state index in [1.807, 2.05) is 0 Å². The number of rotatable bonds is 5. The van der Waals surface area contributed by atoms with E-state index in [1.54, 1.807) is 7.11 Å². The van der Waals surface area contributed by atoms with E-state index in [-0.39, 0.29) is 5.54 Å². The molecule has 19 heavy (non-hydrogen) atoms. The van der Waals surface area contributed by atoms with Gasteiger partial charge >= 0.3 is 0 Å². The maximum absolute atomic E-state index is 6.34. The molecule has 0 aromatic rings. The lowest BCUT2D eigenvalue weighted by molar-refractivity contribution is -0.138. The summed E-state index contributed by atoms with van der Waals surface area (Å²) in [6, 6.07) is 0.464. The van der Waals surface area contributed by atoms with Crippen LogP contribution in [0.2, 0.25) is 0 Å². The Kier molecular flexibility index (Phi) is 3.65. The number of likely N-dealkylation sites (N-methyl/N-ethyl adjacent to an activating group) is 1. The zero-order valence-corrected chi connectivity index (χ0v) is 12.8. The Balaban J connectivity index is 1.86. The molecule has 3 heteroatoms. The molecule has 0 saturated heterocycles. The fourth-order valence-corrected chi connectivity index (χ4v) is 5.82. The maximum Gasteiger partial charge on any atom is 0.0615 e. The Labute approximate surface area is 117 Å². The summed E-state index contributed by atoms with van der Waals surface area (Å²) in [6.45, 7) is 3.92. The third kappa shape index (κ3) is 1.97. The van der Waals surface area contributed by atoms with Crippen molar-refractivity contribution in [1.29, 1.82) is 0 Å². The predicted octanol–water partition coefficient (Wildman–Crippen LogP) is 2.11. The van der Waals surface area contributed by atoms with Crippen LogP contribution in [0.1, 0.15) is 39.0 Å². The van der Waals surface area contributed by atoms with Gasteiger partial charge in [-0.3, -0.25) is 4.90 Å². The van der Waals surface area contributed by atoms with Gasteiger partial charge in [0.05, 0.1) is 6.61 Å². The molecule has 0 heterocycles. The monoisotopic (exact) mass is 266 g/mol. The molecule has 0 aliphatic heterocycles. The first-order valence-electron chi connectivity index (χ1n) is 8.03. The molecule has 0 spiro atoms. The van der Waals surface area contributed by atoms with Crippen LogP contribution in [-0.2, 0) is 4.74 Å². The molecule has 110 valence electrons. The van der Waals surface area contributed by atoms with E-state index in [0.29, 0.717) is 6.04 Å². The SMILES string of the molecule is COCC(C)N(C)C1(CN)C2CC3CC(C2)CC1C3. The van der Waals surface area contributed by atoms with Crippen LogP contribution in [-0.4, -0.2) is 43.8 Å². The van der Waals surface area contributed by atoms with Gasteiger partial charge in [-0.1, -0.05) is 0 Å². The van der Waals surface area contributed by atoms with Gasteiger partial charge < -0.3 is 10.5 Å². The average molecular weight is 266 g/mol. The van der Waals surface area contributed by atoms with Crippen LogP contribution in [0.15, 0.2) is 0 Å². The van der Waals surface area contributed by atoms with E-state index >= 15 is 0 Å². The highest BCUT2D eigenvalue weighted by Crippen LogP contribution is 2.59. The minimum atomic E-state index is 0.255. The molecule has 4 aliphatic carbocycles. The molecular weight excluding hydrogens is 236 g/mol. The van der Waals surface area contributed by atoms with Crippen molar-refractivity contribution >= 4 is 0 Å². The minimum absolute atomic E-state index is 0.255. The van der Waals surface area contributed by atoms with Crippen LogP contribution >= 0.6 is 0 Å². The summed E-state index contributed by atoms with van der Waals surface area (Å²) in [5, 5.41) is 0. The smallest absolute Gasteiger partial charge is 0.0615 e. The quantitative estimate of drug-likeness (QED) is 0.828. The lowest BCUT2D eigenvalue weighted by Gasteiger charge is -2.64. The van der Waals surface area contributed by atoms with E-state index in [1.165, 1.54) is 32.1 Å². The van der Waals surface area contributed by atoms with Gasteiger partial charge in [0.25, 0.3) is 0 Å². The number of hydrogen-bond acceptors (Lipinski definition) is 3. The number of nitrogens with zero attached hydrogens (tertiary/aromatic N) is 1. The van der Waals surface area contributed by atoms with Crippen molar-refractivity contribution in [2.45, 2.75) is 50.6 Å². The fraction of sp³-hybridized carbons (Fsp3) is 1.00. The van der Waals surface area contributed by atoms with Crippen molar-refractivity contribution in [3.05, 3.63) is 0 Å². The Morgan fingerprint density at radius 3 is 2.11 bits per heavy atom. The Bertz CT molecular complexity index is 303. The molecular formula is C16H30N2O. The summed E-state index contributed by atoms with van der Waals surface area (Å²) in [6.07, 6.45) is 7.20. The van der Waals surface area contributed by atoms with E-state index in [9.17, 15) is 0 Å². The minimum Gasteiger partial charge on any atom is -0.383 e. The first-order valence-corrected chi connectivity index (χ1v) is 8.03. The molecule has 0 amide bonds. The van der Waals surface area contributed by atoms with Crippen molar-refractivity contribution in [3.63, 3.8) is 0 Å². The predicted molar refractivity (Wildman–Crippen MR) is 77.9 cm³/mol. The fourth-order valence-electron chi connectivity index (χ4n) is 5.82. The van der Waals surface area contributed by atoms with Gasteiger partial charge in [-0.25, -0.2) is 0 Å². The third-order valence-electron chi connectivity index (χ3n) is 6.60. The van der Waals surface area contributed by atoms with E-state index in [4.69, 9.17) is 10.5 Å². The first-order chi connectivity index (χ1) is 9.11. The molecule has 4 saturated carbocycles. The van der Waals surface area contributed by atoms with Gasteiger partial charge in [0.15, 0.2) is 0 Å². The Hall–Kier alpha value is -0.120. The zero-order chi connectivity index (χ0) is 13.6. The molecule has 4 rings (SSSR count). The molecule has 4 fully saturated rings. The van der Waals surface area contributed by atoms with Gasteiger partial charge in [0.1, 0.15) is 0 Å². The number of hydrogen-bond donors (Lipinski definition) is 1. The van der Waals surface area contributed by atoms with Crippen LogP contribution in [0.25, 0.3) is 0 Å². The Morgan fingerprint density at radius 2 is 1.68 bits per heavy atom. The van der Waals surface area contributed by atoms with Gasteiger partial charge in [0.2, 0.25) is 0 Å². The van der Waals surface area contributed by atoms with Gasteiger partial charge in [0, 0.05) is 25.2 Å². The van der Waals surface area contributed by atoms with Crippen LogP contribution in [0.5, 0.6) is 0 Å². The highest BCUT2D eigenvalue weighted by molar-refractivity contribution is 5.12. The molecule has 1 unspecified atom stereocenters. The topological polar surface area (TPSA) is 38.5 Å². The average Bonchev–Trinajstić information content (AvgIpc) is 2.38. The van der Waals surface area contributed by atoms with Crippen molar-refractivity contribution in [3.8, 4) is 0 Å². The highest BCUT2D eigenvalue weighted by Gasteiger charge is 2.58. The molecule has 3 nitrogen and oxygen atoms in total.